The summed E-state index contributed by atoms with van der Waals surface area (Å²) in [5.74, 6) is 0. The maximum atomic E-state index is 10.3. The van der Waals surface area contributed by atoms with E-state index in [1.165, 1.54) is 0 Å². The first-order valence-electron chi connectivity index (χ1n) is 5.54. The molecule has 0 saturated heterocycles. The molecule has 18 heavy (non-hydrogen) atoms. The second-order valence-corrected chi connectivity index (χ2v) is 4.82. The molecular formula is C13H12N2O2S. The third kappa shape index (κ3) is 3.85. The Kier molecular flexibility index (Phi) is 4.30. The first-order chi connectivity index (χ1) is 8.74. The standard InChI is InChI=1S/C13H12N2O2S/c16-15(17)9-8-11-6-7-13(14-10-11)18-12-4-2-1-3-5-12/h1-7,10H,8-9H2. The Bertz CT molecular complexity index is 514. The average Bonchev–Trinajstić information content (AvgIpc) is 2.39. The Balaban J connectivity index is 1.97. The van der Waals surface area contributed by atoms with Crippen LogP contribution in [-0.4, -0.2) is 16.5 Å². The van der Waals surface area contributed by atoms with Crippen LogP contribution in [0.15, 0.2) is 58.6 Å². The first-order valence-corrected chi connectivity index (χ1v) is 6.35. The molecule has 0 atom stereocenters. The van der Waals surface area contributed by atoms with E-state index in [1.54, 1.807) is 18.0 Å². The van der Waals surface area contributed by atoms with Crippen LogP contribution in [-0.2, 0) is 6.42 Å². The number of aromatic nitrogens is 1. The summed E-state index contributed by atoms with van der Waals surface area (Å²) in [6.07, 6.45) is 2.13. The maximum Gasteiger partial charge on any atom is 0.207 e. The minimum absolute atomic E-state index is 0.0488. The molecule has 0 radical (unpaired) electrons. The monoisotopic (exact) mass is 260 g/mol. The summed E-state index contributed by atoms with van der Waals surface area (Å²) in [5.41, 5.74) is 0.893. The summed E-state index contributed by atoms with van der Waals surface area (Å²) in [7, 11) is 0. The molecule has 0 spiro atoms. The van der Waals surface area contributed by atoms with Crippen molar-refractivity contribution in [1.82, 2.24) is 4.98 Å². The fourth-order valence-electron chi connectivity index (χ4n) is 1.45. The Morgan fingerprint density at radius 1 is 1.17 bits per heavy atom. The molecule has 2 aromatic rings. The predicted molar refractivity (Wildman–Crippen MR) is 70.4 cm³/mol. The Morgan fingerprint density at radius 2 is 1.94 bits per heavy atom. The molecule has 0 unspecified atom stereocenters. The van der Waals surface area contributed by atoms with E-state index in [4.69, 9.17) is 0 Å². The van der Waals surface area contributed by atoms with Crippen molar-refractivity contribution in [2.45, 2.75) is 16.3 Å². The molecule has 0 amide bonds. The van der Waals surface area contributed by atoms with Gasteiger partial charge >= 0.3 is 0 Å². The molecule has 5 heteroatoms. The van der Waals surface area contributed by atoms with Gasteiger partial charge in [-0.3, -0.25) is 10.1 Å². The highest BCUT2D eigenvalue weighted by atomic mass is 32.2. The zero-order chi connectivity index (χ0) is 12.8. The molecule has 0 aliphatic heterocycles. The lowest BCUT2D eigenvalue weighted by Crippen LogP contribution is -2.04. The van der Waals surface area contributed by atoms with Crippen LogP contribution in [0.25, 0.3) is 0 Å². The summed E-state index contributed by atoms with van der Waals surface area (Å²) < 4.78 is 0. The number of hydrogen-bond donors (Lipinski definition) is 0. The third-order valence-electron chi connectivity index (χ3n) is 2.35. The second-order valence-electron chi connectivity index (χ2n) is 3.73. The van der Waals surface area contributed by atoms with Crippen LogP contribution in [0, 0.1) is 10.1 Å². The van der Waals surface area contributed by atoms with Gasteiger partial charge in [-0.25, -0.2) is 4.98 Å². The van der Waals surface area contributed by atoms with Gasteiger partial charge < -0.3 is 0 Å². The highest BCUT2D eigenvalue weighted by Crippen LogP contribution is 2.25. The van der Waals surface area contributed by atoms with E-state index in [-0.39, 0.29) is 11.5 Å². The maximum absolute atomic E-state index is 10.3. The van der Waals surface area contributed by atoms with Crippen LogP contribution in [0.1, 0.15) is 5.56 Å². The van der Waals surface area contributed by atoms with Gasteiger partial charge in [0.2, 0.25) is 6.54 Å². The molecule has 4 nitrogen and oxygen atoms in total. The molecule has 0 fully saturated rings. The van der Waals surface area contributed by atoms with Gasteiger partial charge in [0.15, 0.2) is 0 Å². The summed E-state index contributed by atoms with van der Waals surface area (Å²) in [4.78, 5) is 15.4. The Hall–Kier alpha value is -1.88. The number of nitrogens with zero attached hydrogens (tertiary/aromatic N) is 2. The average molecular weight is 260 g/mol. The number of hydrogen-bond acceptors (Lipinski definition) is 4. The van der Waals surface area contributed by atoms with Crippen molar-refractivity contribution in [2.75, 3.05) is 6.54 Å². The summed E-state index contributed by atoms with van der Waals surface area (Å²) >= 11 is 1.58. The SMILES string of the molecule is O=[N+]([O-])CCc1ccc(Sc2ccccc2)nc1. The smallest absolute Gasteiger partial charge is 0.207 e. The van der Waals surface area contributed by atoms with Crippen LogP contribution in [0.5, 0.6) is 0 Å². The van der Waals surface area contributed by atoms with Gasteiger partial charge in [-0.1, -0.05) is 36.0 Å². The van der Waals surface area contributed by atoms with Gasteiger partial charge in [0.05, 0.1) is 0 Å². The Morgan fingerprint density at radius 3 is 2.56 bits per heavy atom. The topological polar surface area (TPSA) is 56.0 Å². The summed E-state index contributed by atoms with van der Waals surface area (Å²) in [6.45, 7) is -0.0488. The van der Waals surface area contributed by atoms with Crippen LogP contribution >= 0.6 is 11.8 Å². The van der Waals surface area contributed by atoms with Crippen molar-refractivity contribution in [3.05, 3.63) is 64.3 Å². The van der Waals surface area contributed by atoms with Gasteiger partial charge in [-0.15, -0.1) is 0 Å². The number of rotatable bonds is 5. The minimum Gasteiger partial charge on any atom is -0.265 e. The number of benzene rings is 1. The van der Waals surface area contributed by atoms with E-state index < -0.39 is 0 Å². The lowest BCUT2D eigenvalue weighted by molar-refractivity contribution is -0.479. The van der Waals surface area contributed by atoms with Gasteiger partial charge in [0, 0.05) is 22.4 Å². The molecule has 1 aromatic carbocycles. The highest BCUT2D eigenvalue weighted by Gasteiger charge is 2.02. The van der Waals surface area contributed by atoms with E-state index in [2.05, 4.69) is 4.98 Å². The van der Waals surface area contributed by atoms with Crippen molar-refractivity contribution in [2.24, 2.45) is 0 Å². The molecule has 0 saturated carbocycles. The molecule has 0 aliphatic carbocycles. The normalized spacial score (nSPS) is 10.2. The number of nitro groups is 1. The van der Waals surface area contributed by atoms with Crippen molar-refractivity contribution in [3.63, 3.8) is 0 Å². The van der Waals surface area contributed by atoms with E-state index in [0.717, 1.165) is 15.5 Å². The molecule has 2 rings (SSSR count). The minimum atomic E-state index is -0.313. The molecule has 92 valence electrons. The van der Waals surface area contributed by atoms with Crippen molar-refractivity contribution in [3.8, 4) is 0 Å². The zero-order valence-corrected chi connectivity index (χ0v) is 10.5. The van der Waals surface area contributed by atoms with Crippen LogP contribution < -0.4 is 0 Å². The second kappa shape index (κ2) is 6.16. The van der Waals surface area contributed by atoms with Crippen LogP contribution in [0.3, 0.4) is 0 Å². The van der Waals surface area contributed by atoms with Gasteiger partial charge in [-0.2, -0.15) is 0 Å². The van der Waals surface area contributed by atoms with Gasteiger partial charge in [-0.05, 0) is 23.8 Å². The molecule has 1 aromatic heterocycles. The molecule has 0 aliphatic rings. The van der Waals surface area contributed by atoms with Crippen molar-refractivity contribution >= 4 is 11.8 Å². The van der Waals surface area contributed by atoms with Crippen LogP contribution in [0.2, 0.25) is 0 Å². The predicted octanol–water partition coefficient (Wildman–Crippen LogP) is 3.05. The van der Waals surface area contributed by atoms with Crippen molar-refractivity contribution < 1.29 is 4.92 Å². The summed E-state index contributed by atoms with van der Waals surface area (Å²) in [6, 6.07) is 13.8. The van der Waals surface area contributed by atoms with E-state index in [1.807, 2.05) is 42.5 Å². The fourth-order valence-corrected chi connectivity index (χ4v) is 2.23. The molecule has 1 heterocycles. The van der Waals surface area contributed by atoms with E-state index >= 15 is 0 Å². The lowest BCUT2D eigenvalue weighted by atomic mass is 10.2. The Labute approximate surface area is 109 Å². The first kappa shape index (κ1) is 12.6. The molecular weight excluding hydrogens is 248 g/mol. The largest absolute Gasteiger partial charge is 0.265 e. The van der Waals surface area contributed by atoms with Gasteiger partial charge in [0.25, 0.3) is 0 Å². The van der Waals surface area contributed by atoms with Crippen molar-refractivity contribution in [1.29, 1.82) is 0 Å². The number of pyridine rings is 1. The van der Waals surface area contributed by atoms with E-state index in [0.29, 0.717) is 6.42 Å². The lowest BCUT2D eigenvalue weighted by Gasteiger charge is -2.01. The van der Waals surface area contributed by atoms with E-state index in [9.17, 15) is 10.1 Å². The zero-order valence-electron chi connectivity index (χ0n) is 9.65. The fraction of sp³-hybridized carbons (Fsp3) is 0.154. The summed E-state index contributed by atoms with van der Waals surface area (Å²) in [5, 5.41) is 11.2. The van der Waals surface area contributed by atoms with Gasteiger partial charge in [0.1, 0.15) is 5.03 Å². The van der Waals surface area contributed by atoms with Crippen LogP contribution in [0.4, 0.5) is 0 Å². The molecule has 0 N–H and O–H groups in total. The highest BCUT2D eigenvalue weighted by molar-refractivity contribution is 7.99. The molecule has 0 bridgehead atoms. The third-order valence-corrected chi connectivity index (χ3v) is 3.30. The quantitative estimate of drug-likeness (QED) is 0.612.